The summed E-state index contributed by atoms with van der Waals surface area (Å²) in [4.78, 5) is 10.7. The number of amides is 1. The van der Waals surface area contributed by atoms with Crippen molar-refractivity contribution in [1.82, 2.24) is 0 Å². The van der Waals surface area contributed by atoms with E-state index in [1.165, 1.54) is 12.1 Å². The Hall–Kier alpha value is -1.55. The second-order valence-electron chi connectivity index (χ2n) is 2.55. The number of hydrogen-bond acceptors (Lipinski definition) is 2. The van der Waals surface area contributed by atoms with Gasteiger partial charge < -0.3 is 16.6 Å². The van der Waals surface area contributed by atoms with E-state index in [0.29, 0.717) is 5.56 Å². The quantitative estimate of drug-likeness (QED) is 0.536. The number of phenols is 1. The van der Waals surface area contributed by atoms with E-state index in [1.54, 1.807) is 12.1 Å². The molecule has 0 aliphatic heterocycles. The lowest BCUT2D eigenvalue weighted by Crippen LogP contribution is -2.59. The van der Waals surface area contributed by atoms with E-state index in [1.807, 2.05) is 0 Å². The van der Waals surface area contributed by atoms with E-state index in [9.17, 15) is 4.79 Å². The molecule has 6 N–H and O–H groups in total. The topological polar surface area (TPSA) is 91.0 Å². The molecule has 1 rings (SSSR count). The van der Waals surface area contributed by atoms with Crippen LogP contribution in [0.5, 0.6) is 5.75 Å². The maximum absolute atomic E-state index is 10.7. The molecule has 0 aliphatic carbocycles. The Labute approximate surface area is 69.8 Å². The first-order valence-corrected chi connectivity index (χ1v) is 3.52. The zero-order valence-corrected chi connectivity index (χ0v) is 6.53. The number of rotatable bonds is 2. The van der Waals surface area contributed by atoms with E-state index >= 15 is 0 Å². The molecule has 0 spiro atoms. The average molecular weight is 167 g/mol. The summed E-state index contributed by atoms with van der Waals surface area (Å²) in [6.07, 6.45) is 0. The zero-order valence-electron chi connectivity index (χ0n) is 6.53. The summed E-state index contributed by atoms with van der Waals surface area (Å²) in [6.45, 7) is 0. The molecule has 0 saturated carbocycles. The second kappa shape index (κ2) is 3.23. The van der Waals surface area contributed by atoms with Crippen LogP contribution >= 0.6 is 0 Å². The highest BCUT2D eigenvalue weighted by atomic mass is 16.3. The number of quaternary nitrogens is 1. The first-order valence-electron chi connectivity index (χ1n) is 3.52. The first-order chi connectivity index (χ1) is 5.61. The number of carbonyl (C=O) groups excluding carboxylic acids is 1. The van der Waals surface area contributed by atoms with Crippen LogP contribution in [0, 0.1) is 0 Å². The van der Waals surface area contributed by atoms with Gasteiger partial charge in [0.05, 0.1) is 0 Å². The fourth-order valence-corrected chi connectivity index (χ4v) is 0.871. The number of carbonyl (C=O) groups is 1. The summed E-state index contributed by atoms with van der Waals surface area (Å²) in [5.41, 5.74) is 9.33. The van der Waals surface area contributed by atoms with Gasteiger partial charge in [-0.3, -0.25) is 4.79 Å². The Bertz CT molecular complexity index is 282. The fourth-order valence-electron chi connectivity index (χ4n) is 0.871. The van der Waals surface area contributed by atoms with Gasteiger partial charge in [0.15, 0.2) is 6.04 Å². The number of primary amides is 1. The predicted molar refractivity (Wildman–Crippen MR) is 42.9 cm³/mol. The van der Waals surface area contributed by atoms with Crippen LogP contribution in [-0.4, -0.2) is 11.0 Å². The molecule has 4 heteroatoms. The number of hydrogen-bond donors (Lipinski definition) is 3. The summed E-state index contributed by atoms with van der Waals surface area (Å²) in [6, 6.07) is 5.69. The highest BCUT2D eigenvalue weighted by molar-refractivity contribution is 5.79. The van der Waals surface area contributed by atoms with Crippen molar-refractivity contribution < 1.29 is 15.6 Å². The van der Waals surface area contributed by atoms with Crippen molar-refractivity contribution in [1.29, 1.82) is 0 Å². The van der Waals surface area contributed by atoms with Crippen LogP contribution in [0.2, 0.25) is 0 Å². The molecule has 64 valence electrons. The third-order valence-electron chi connectivity index (χ3n) is 1.64. The summed E-state index contributed by atoms with van der Waals surface area (Å²) in [5, 5.41) is 8.94. The van der Waals surface area contributed by atoms with Gasteiger partial charge in [-0.15, -0.1) is 0 Å². The van der Waals surface area contributed by atoms with Gasteiger partial charge in [-0.2, -0.15) is 0 Å². The molecule has 0 aromatic heterocycles. The van der Waals surface area contributed by atoms with E-state index in [0.717, 1.165) is 0 Å². The summed E-state index contributed by atoms with van der Waals surface area (Å²) in [7, 11) is 0. The molecule has 0 aliphatic rings. The Morgan fingerprint density at radius 3 is 2.33 bits per heavy atom. The molecule has 1 aromatic rings. The minimum Gasteiger partial charge on any atom is -0.508 e. The minimum absolute atomic E-state index is 0.162. The Morgan fingerprint density at radius 2 is 1.92 bits per heavy atom. The third kappa shape index (κ3) is 1.73. The van der Waals surface area contributed by atoms with Gasteiger partial charge in [0.2, 0.25) is 0 Å². The molecule has 1 aromatic carbocycles. The van der Waals surface area contributed by atoms with Crippen molar-refractivity contribution in [2.45, 2.75) is 6.04 Å². The lowest BCUT2D eigenvalue weighted by molar-refractivity contribution is -0.409. The Kier molecular flexibility index (Phi) is 2.30. The molecule has 4 nitrogen and oxygen atoms in total. The summed E-state index contributed by atoms with van der Waals surface area (Å²) in [5.74, 6) is -0.309. The van der Waals surface area contributed by atoms with E-state index in [-0.39, 0.29) is 5.75 Å². The van der Waals surface area contributed by atoms with Crippen molar-refractivity contribution in [3.8, 4) is 5.75 Å². The molecule has 1 amide bonds. The molecule has 0 radical (unpaired) electrons. The normalized spacial score (nSPS) is 12.4. The van der Waals surface area contributed by atoms with Crippen LogP contribution in [-0.2, 0) is 4.79 Å². The van der Waals surface area contributed by atoms with Gasteiger partial charge >= 0.3 is 0 Å². The Balaban J connectivity index is 2.89. The highest BCUT2D eigenvalue weighted by Gasteiger charge is 2.15. The van der Waals surface area contributed by atoms with Crippen LogP contribution in [0.3, 0.4) is 0 Å². The highest BCUT2D eigenvalue weighted by Crippen LogP contribution is 2.13. The van der Waals surface area contributed by atoms with Crippen molar-refractivity contribution in [3.63, 3.8) is 0 Å². The third-order valence-corrected chi connectivity index (χ3v) is 1.64. The van der Waals surface area contributed by atoms with Crippen molar-refractivity contribution >= 4 is 5.91 Å². The van der Waals surface area contributed by atoms with Crippen LogP contribution in [0.25, 0.3) is 0 Å². The fraction of sp³-hybridized carbons (Fsp3) is 0.125. The molecule has 0 saturated heterocycles. The molecule has 1 unspecified atom stereocenters. The lowest BCUT2D eigenvalue weighted by atomic mass is 10.1. The van der Waals surface area contributed by atoms with Crippen LogP contribution in [0.1, 0.15) is 11.6 Å². The predicted octanol–water partition coefficient (Wildman–Crippen LogP) is -0.839. The molecular weight excluding hydrogens is 156 g/mol. The van der Waals surface area contributed by atoms with Crippen LogP contribution in [0.15, 0.2) is 24.3 Å². The first kappa shape index (κ1) is 8.55. The second-order valence-corrected chi connectivity index (χ2v) is 2.55. The van der Waals surface area contributed by atoms with E-state index in [2.05, 4.69) is 5.73 Å². The van der Waals surface area contributed by atoms with Crippen molar-refractivity contribution in [2.75, 3.05) is 0 Å². The number of aromatic hydroxyl groups is 1. The molecule has 12 heavy (non-hydrogen) atoms. The minimum atomic E-state index is -0.550. The van der Waals surface area contributed by atoms with Gasteiger partial charge in [-0.25, -0.2) is 0 Å². The van der Waals surface area contributed by atoms with Crippen LogP contribution < -0.4 is 11.5 Å². The smallest absolute Gasteiger partial charge is 0.280 e. The largest absolute Gasteiger partial charge is 0.508 e. The number of phenolic OH excluding ortho intramolecular Hbond substituents is 1. The SMILES string of the molecule is NC(=O)C([NH3+])c1ccc(O)cc1. The molecule has 1 atom stereocenters. The van der Waals surface area contributed by atoms with Gasteiger partial charge in [0, 0.05) is 5.56 Å². The van der Waals surface area contributed by atoms with Gasteiger partial charge in [0.25, 0.3) is 5.91 Å². The van der Waals surface area contributed by atoms with Gasteiger partial charge in [0.1, 0.15) is 5.75 Å². The van der Waals surface area contributed by atoms with Crippen molar-refractivity contribution in [2.24, 2.45) is 5.73 Å². The molecular formula is C8H11N2O2+. The average Bonchev–Trinajstić information content (AvgIpc) is 2.04. The molecule has 0 bridgehead atoms. The van der Waals surface area contributed by atoms with E-state index < -0.39 is 11.9 Å². The summed E-state index contributed by atoms with van der Waals surface area (Å²) < 4.78 is 0. The monoisotopic (exact) mass is 167 g/mol. The van der Waals surface area contributed by atoms with E-state index in [4.69, 9.17) is 10.8 Å². The number of benzene rings is 1. The summed E-state index contributed by atoms with van der Waals surface area (Å²) >= 11 is 0. The van der Waals surface area contributed by atoms with Crippen LogP contribution in [0.4, 0.5) is 0 Å². The lowest BCUT2D eigenvalue weighted by Gasteiger charge is -2.03. The Morgan fingerprint density at radius 1 is 1.42 bits per heavy atom. The van der Waals surface area contributed by atoms with Gasteiger partial charge in [-0.05, 0) is 24.3 Å². The standard InChI is InChI=1S/C8H10N2O2/c9-7(8(10)12)5-1-3-6(11)4-2-5/h1-4,7,11H,9H2,(H2,10,12)/p+1. The molecule has 0 heterocycles. The maximum Gasteiger partial charge on any atom is 0.280 e. The number of nitrogens with two attached hydrogens (primary N) is 1. The zero-order chi connectivity index (χ0) is 9.14. The van der Waals surface area contributed by atoms with Crippen molar-refractivity contribution in [3.05, 3.63) is 29.8 Å². The maximum atomic E-state index is 10.7. The molecule has 0 fully saturated rings. The van der Waals surface area contributed by atoms with Gasteiger partial charge in [-0.1, -0.05) is 0 Å².